The van der Waals surface area contributed by atoms with Crippen molar-refractivity contribution in [3.63, 3.8) is 0 Å². The molecule has 3 aromatic rings. The van der Waals surface area contributed by atoms with Crippen LogP contribution in [0.2, 0.25) is 0 Å². The average Bonchev–Trinajstić information content (AvgIpc) is 2.69. The molecule has 0 radical (unpaired) electrons. The molecular formula is C22H25N3O2S. The first-order valence-electron chi connectivity index (χ1n) is 9.50. The fourth-order valence-corrected chi connectivity index (χ4v) is 3.82. The van der Waals surface area contributed by atoms with Crippen LogP contribution in [0.3, 0.4) is 0 Å². The van der Waals surface area contributed by atoms with Crippen molar-refractivity contribution in [3.8, 4) is 5.69 Å². The number of fused-ring (bicyclic) bond motifs is 1. The molecule has 0 aliphatic rings. The molecule has 0 spiro atoms. The first-order valence-corrected chi connectivity index (χ1v) is 10.5. The summed E-state index contributed by atoms with van der Waals surface area (Å²) in [6.07, 6.45) is 1.99. The highest BCUT2D eigenvalue weighted by atomic mass is 32.2. The summed E-state index contributed by atoms with van der Waals surface area (Å²) in [6.45, 7) is 6.78. The van der Waals surface area contributed by atoms with Gasteiger partial charge in [0, 0.05) is 6.54 Å². The molecule has 1 N–H and O–H groups in total. The summed E-state index contributed by atoms with van der Waals surface area (Å²) in [6, 6.07) is 13.2. The number of nitrogens with zero attached hydrogens (tertiary/aromatic N) is 2. The fourth-order valence-electron chi connectivity index (χ4n) is 2.99. The quantitative estimate of drug-likeness (QED) is 0.373. The maximum atomic E-state index is 13.3. The number of rotatable bonds is 7. The summed E-state index contributed by atoms with van der Waals surface area (Å²) in [7, 11) is 0. The number of hydrogen-bond donors (Lipinski definition) is 1. The minimum absolute atomic E-state index is 0.0478. The lowest BCUT2D eigenvalue weighted by atomic mass is 10.1. The van der Waals surface area contributed by atoms with Crippen LogP contribution in [0.15, 0.2) is 52.4 Å². The van der Waals surface area contributed by atoms with Crippen LogP contribution in [0.1, 0.15) is 30.9 Å². The van der Waals surface area contributed by atoms with Gasteiger partial charge in [-0.3, -0.25) is 14.2 Å². The van der Waals surface area contributed by atoms with Crippen molar-refractivity contribution in [1.29, 1.82) is 0 Å². The van der Waals surface area contributed by atoms with Crippen LogP contribution in [-0.4, -0.2) is 27.8 Å². The van der Waals surface area contributed by atoms with E-state index in [9.17, 15) is 9.59 Å². The summed E-state index contributed by atoms with van der Waals surface area (Å²) >= 11 is 1.29. The molecule has 0 fully saturated rings. The first-order chi connectivity index (χ1) is 13.5. The van der Waals surface area contributed by atoms with Crippen LogP contribution in [0, 0.1) is 13.8 Å². The number of benzene rings is 2. The van der Waals surface area contributed by atoms with Gasteiger partial charge in [0.15, 0.2) is 5.16 Å². The van der Waals surface area contributed by atoms with E-state index in [0.717, 1.165) is 29.7 Å². The van der Waals surface area contributed by atoms with Crippen molar-refractivity contribution in [3.05, 3.63) is 63.9 Å². The lowest BCUT2D eigenvalue weighted by Gasteiger charge is -2.16. The number of carbonyl (C=O) groups is 1. The zero-order valence-corrected chi connectivity index (χ0v) is 17.3. The first kappa shape index (κ1) is 20.1. The van der Waals surface area contributed by atoms with E-state index < -0.39 is 0 Å². The minimum atomic E-state index is -0.117. The van der Waals surface area contributed by atoms with Gasteiger partial charge >= 0.3 is 0 Å². The molecule has 1 heterocycles. The lowest BCUT2D eigenvalue weighted by molar-refractivity contribution is -0.118. The topological polar surface area (TPSA) is 64.0 Å². The van der Waals surface area contributed by atoms with E-state index in [4.69, 9.17) is 4.98 Å². The molecule has 3 rings (SSSR count). The van der Waals surface area contributed by atoms with Crippen molar-refractivity contribution in [2.24, 2.45) is 0 Å². The predicted octanol–water partition coefficient (Wildman–Crippen LogP) is 4.01. The van der Waals surface area contributed by atoms with Crippen LogP contribution in [-0.2, 0) is 4.79 Å². The summed E-state index contributed by atoms with van der Waals surface area (Å²) < 4.78 is 1.63. The van der Waals surface area contributed by atoms with Crippen molar-refractivity contribution in [1.82, 2.24) is 14.9 Å². The molecule has 0 aliphatic heterocycles. The number of aryl methyl sites for hydroxylation is 1. The van der Waals surface area contributed by atoms with Crippen molar-refractivity contribution in [2.75, 3.05) is 12.3 Å². The predicted molar refractivity (Wildman–Crippen MR) is 115 cm³/mol. The number of unbranched alkanes of at least 4 members (excludes halogenated alkanes) is 1. The Bertz CT molecular complexity index is 1060. The van der Waals surface area contributed by atoms with Crippen molar-refractivity contribution >= 4 is 28.6 Å². The Hall–Kier alpha value is -2.60. The third kappa shape index (κ3) is 4.28. The van der Waals surface area contributed by atoms with E-state index in [1.807, 2.05) is 50.2 Å². The van der Waals surface area contributed by atoms with Gasteiger partial charge in [0.1, 0.15) is 0 Å². The molecule has 1 aromatic heterocycles. The summed E-state index contributed by atoms with van der Waals surface area (Å²) in [5, 5.41) is 4.01. The molecule has 6 heteroatoms. The molecular weight excluding hydrogens is 370 g/mol. The molecule has 0 unspecified atom stereocenters. The van der Waals surface area contributed by atoms with Gasteiger partial charge < -0.3 is 5.32 Å². The maximum absolute atomic E-state index is 13.3. The van der Waals surface area contributed by atoms with Gasteiger partial charge in [-0.25, -0.2) is 4.98 Å². The second kappa shape index (κ2) is 9.06. The molecule has 146 valence electrons. The molecule has 0 saturated heterocycles. The standard InChI is InChI=1S/C22H25N3O2S/c1-4-5-13-23-20(26)14-28-22-24-18-11-7-6-10-17(18)21(27)25(22)19-12-8-9-15(2)16(19)3/h6-12H,4-5,13-14H2,1-3H3,(H,23,26). The molecule has 1 amide bonds. The van der Waals surface area contributed by atoms with E-state index in [1.54, 1.807) is 10.6 Å². The Morgan fingerprint density at radius 1 is 1.14 bits per heavy atom. The molecule has 0 bridgehead atoms. The average molecular weight is 396 g/mol. The van der Waals surface area contributed by atoms with Gasteiger partial charge in [-0.2, -0.15) is 0 Å². The van der Waals surface area contributed by atoms with Crippen LogP contribution in [0.5, 0.6) is 0 Å². The maximum Gasteiger partial charge on any atom is 0.266 e. The summed E-state index contributed by atoms with van der Waals surface area (Å²) in [5.74, 6) is 0.174. The van der Waals surface area contributed by atoms with Crippen LogP contribution < -0.4 is 10.9 Å². The number of amides is 1. The highest BCUT2D eigenvalue weighted by Crippen LogP contribution is 2.24. The highest BCUT2D eigenvalue weighted by molar-refractivity contribution is 7.99. The zero-order valence-electron chi connectivity index (χ0n) is 16.5. The largest absolute Gasteiger partial charge is 0.355 e. The van der Waals surface area contributed by atoms with Crippen molar-refractivity contribution < 1.29 is 4.79 Å². The van der Waals surface area contributed by atoms with E-state index in [1.165, 1.54) is 11.8 Å². The molecule has 0 saturated carbocycles. The monoisotopic (exact) mass is 395 g/mol. The Labute approximate surface area is 169 Å². The SMILES string of the molecule is CCCCNC(=O)CSc1nc2ccccc2c(=O)n1-c1cccc(C)c1C. The zero-order chi connectivity index (χ0) is 20.1. The van der Waals surface area contributed by atoms with Gasteiger partial charge in [0.05, 0.1) is 22.3 Å². The number of para-hydroxylation sites is 1. The van der Waals surface area contributed by atoms with E-state index in [2.05, 4.69) is 12.2 Å². The number of nitrogens with one attached hydrogen (secondary N) is 1. The normalized spacial score (nSPS) is 11.0. The summed E-state index contributed by atoms with van der Waals surface area (Å²) in [5.41, 5.74) is 3.45. The number of thioether (sulfide) groups is 1. The van der Waals surface area contributed by atoms with E-state index in [0.29, 0.717) is 22.6 Å². The Kier molecular flexibility index (Phi) is 6.52. The second-order valence-electron chi connectivity index (χ2n) is 6.76. The fraction of sp³-hybridized carbons (Fsp3) is 0.318. The number of carbonyl (C=O) groups excluding carboxylic acids is 1. The molecule has 28 heavy (non-hydrogen) atoms. The van der Waals surface area contributed by atoms with E-state index in [-0.39, 0.29) is 17.2 Å². The van der Waals surface area contributed by atoms with Gasteiger partial charge in [0.25, 0.3) is 5.56 Å². The van der Waals surface area contributed by atoms with E-state index >= 15 is 0 Å². The Balaban J connectivity index is 2.04. The molecule has 2 aromatic carbocycles. The Morgan fingerprint density at radius 3 is 2.71 bits per heavy atom. The Morgan fingerprint density at radius 2 is 1.93 bits per heavy atom. The minimum Gasteiger partial charge on any atom is -0.355 e. The highest BCUT2D eigenvalue weighted by Gasteiger charge is 2.16. The molecule has 0 aliphatic carbocycles. The van der Waals surface area contributed by atoms with Gasteiger partial charge in [-0.05, 0) is 49.6 Å². The van der Waals surface area contributed by atoms with Crippen LogP contribution in [0.4, 0.5) is 0 Å². The van der Waals surface area contributed by atoms with Crippen molar-refractivity contribution in [2.45, 2.75) is 38.8 Å². The van der Waals surface area contributed by atoms with Gasteiger partial charge in [-0.15, -0.1) is 0 Å². The number of aromatic nitrogens is 2. The third-order valence-corrected chi connectivity index (χ3v) is 5.69. The third-order valence-electron chi connectivity index (χ3n) is 4.75. The smallest absolute Gasteiger partial charge is 0.266 e. The van der Waals surface area contributed by atoms with Gasteiger partial charge in [0.2, 0.25) is 5.91 Å². The number of hydrogen-bond acceptors (Lipinski definition) is 4. The lowest BCUT2D eigenvalue weighted by Crippen LogP contribution is -2.27. The van der Waals surface area contributed by atoms with Crippen LogP contribution in [0.25, 0.3) is 16.6 Å². The molecule has 5 nitrogen and oxygen atoms in total. The van der Waals surface area contributed by atoms with Gasteiger partial charge in [-0.1, -0.05) is 49.4 Å². The van der Waals surface area contributed by atoms with Crippen LogP contribution >= 0.6 is 11.8 Å². The summed E-state index contributed by atoms with van der Waals surface area (Å²) in [4.78, 5) is 30.1. The molecule has 0 atom stereocenters. The second-order valence-corrected chi connectivity index (χ2v) is 7.71.